The van der Waals surface area contributed by atoms with Gasteiger partial charge >= 0.3 is 0 Å². The number of nitrogens with two attached hydrogens (primary N) is 1. The lowest BCUT2D eigenvalue weighted by Gasteiger charge is -2.25. The molecule has 0 radical (unpaired) electrons. The molecule has 0 unspecified atom stereocenters. The van der Waals surface area contributed by atoms with Gasteiger partial charge in [-0.3, -0.25) is 0 Å². The van der Waals surface area contributed by atoms with E-state index in [-0.39, 0.29) is 6.04 Å². The van der Waals surface area contributed by atoms with Crippen molar-refractivity contribution in [2.24, 2.45) is 5.73 Å². The summed E-state index contributed by atoms with van der Waals surface area (Å²) in [5, 5.41) is 0. The molecule has 0 aliphatic carbocycles. The van der Waals surface area contributed by atoms with Crippen molar-refractivity contribution >= 4 is 0 Å². The van der Waals surface area contributed by atoms with Crippen LogP contribution in [0.15, 0.2) is 12.1 Å². The third kappa shape index (κ3) is 1.79. The number of fused-ring (bicyclic) bond motifs is 1. The summed E-state index contributed by atoms with van der Waals surface area (Å²) in [4.78, 5) is 0. The van der Waals surface area contributed by atoms with Crippen LogP contribution in [0.25, 0.3) is 0 Å². The summed E-state index contributed by atoms with van der Waals surface area (Å²) in [5.74, 6) is 1.63. The summed E-state index contributed by atoms with van der Waals surface area (Å²) in [6, 6.07) is 4.23. The SMILES string of the molecule is CCc1cc(OC)c2c(c1)[C@H](N)CCO2. The highest BCUT2D eigenvalue weighted by atomic mass is 16.5. The molecule has 0 bridgehead atoms. The highest BCUT2D eigenvalue weighted by Gasteiger charge is 2.22. The Hall–Kier alpha value is -1.22. The molecule has 1 aromatic rings. The minimum Gasteiger partial charge on any atom is -0.493 e. The van der Waals surface area contributed by atoms with Gasteiger partial charge in [0.1, 0.15) is 0 Å². The molecule has 1 heterocycles. The van der Waals surface area contributed by atoms with E-state index in [0.717, 1.165) is 29.9 Å². The quantitative estimate of drug-likeness (QED) is 0.807. The minimum atomic E-state index is 0.0779. The normalized spacial score (nSPS) is 19.3. The molecular formula is C12H17NO2. The number of hydrogen-bond donors (Lipinski definition) is 1. The van der Waals surface area contributed by atoms with Gasteiger partial charge in [0, 0.05) is 18.0 Å². The predicted molar refractivity (Wildman–Crippen MR) is 59.4 cm³/mol. The van der Waals surface area contributed by atoms with Crippen LogP contribution in [0, 0.1) is 0 Å². The van der Waals surface area contributed by atoms with Crippen molar-refractivity contribution in [3.8, 4) is 11.5 Å². The fraction of sp³-hybridized carbons (Fsp3) is 0.500. The lowest BCUT2D eigenvalue weighted by atomic mass is 9.97. The Morgan fingerprint density at radius 3 is 3.00 bits per heavy atom. The number of benzene rings is 1. The molecule has 3 nitrogen and oxygen atoms in total. The molecule has 1 aromatic carbocycles. The third-order valence-corrected chi connectivity index (χ3v) is 2.85. The van der Waals surface area contributed by atoms with Crippen LogP contribution in [0.3, 0.4) is 0 Å². The standard InChI is InChI=1S/C12H17NO2/c1-3-8-6-9-10(13)4-5-15-12(9)11(7-8)14-2/h6-7,10H,3-5,13H2,1-2H3/t10-/m1/s1. The van der Waals surface area contributed by atoms with E-state index in [2.05, 4.69) is 13.0 Å². The lowest BCUT2D eigenvalue weighted by Crippen LogP contribution is -2.21. The molecule has 0 aromatic heterocycles. The average Bonchev–Trinajstić information content (AvgIpc) is 2.28. The fourth-order valence-corrected chi connectivity index (χ4v) is 1.91. The van der Waals surface area contributed by atoms with E-state index in [9.17, 15) is 0 Å². The Labute approximate surface area is 90.2 Å². The molecule has 0 spiro atoms. The van der Waals surface area contributed by atoms with E-state index in [1.807, 2.05) is 6.07 Å². The zero-order chi connectivity index (χ0) is 10.8. The van der Waals surface area contributed by atoms with Crippen molar-refractivity contribution < 1.29 is 9.47 Å². The Bertz CT molecular complexity index is 363. The summed E-state index contributed by atoms with van der Waals surface area (Å²) < 4.78 is 10.9. The molecule has 1 aliphatic heterocycles. The van der Waals surface area contributed by atoms with Crippen molar-refractivity contribution in [2.75, 3.05) is 13.7 Å². The summed E-state index contributed by atoms with van der Waals surface area (Å²) in [6.07, 6.45) is 1.86. The minimum absolute atomic E-state index is 0.0779. The van der Waals surface area contributed by atoms with Gasteiger partial charge in [0.15, 0.2) is 11.5 Å². The number of rotatable bonds is 2. The molecule has 82 valence electrons. The molecule has 0 saturated heterocycles. The number of methoxy groups -OCH3 is 1. The van der Waals surface area contributed by atoms with Crippen LogP contribution in [0.2, 0.25) is 0 Å². The summed E-state index contributed by atoms with van der Waals surface area (Å²) >= 11 is 0. The van der Waals surface area contributed by atoms with E-state index in [1.54, 1.807) is 7.11 Å². The highest BCUT2D eigenvalue weighted by molar-refractivity contribution is 5.51. The second-order valence-electron chi connectivity index (χ2n) is 3.81. The van der Waals surface area contributed by atoms with Crippen LogP contribution < -0.4 is 15.2 Å². The van der Waals surface area contributed by atoms with Crippen LogP contribution in [0.5, 0.6) is 11.5 Å². The second-order valence-corrected chi connectivity index (χ2v) is 3.81. The molecular weight excluding hydrogens is 190 g/mol. The van der Waals surface area contributed by atoms with Gasteiger partial charge < -0.3 is 15.2 Å². The first-order valence-corrected chi connectivity index (χ1v) is 5.35. The first-order chi connectivity index (χ1) is 7.26. The van der Waals surface area contributed by atoms with Crippen molar-refractivity contribution in [1.82, 2.24) is 0 Å². The van der Waals surface area contributed by atoms with Gasteiger partial charge in [0.25, 0.3) is 0 Å². The zero-order valence-corrected chi connectivity index (χ0v) is 9.25. The van der Waals surface area contributed by atoms with E-state index < -0.39 is 0 Å². The summed E-state index contributed by atoms with van der Waals surface area (Å²) in [5.41, 5.74) is 8.38. The topological polar surface area (TPSA) is 44.5 Å². The zero-order valence-electron chi connectivity index (χ0n) is 9.25. The number of aryl methyl sites for hydroxylation is 1. The maximum atomic E-state index is 6.06. The van der Waals surface area contributed by atoms with Crippen LogP contribution in [-0.2, 0) is 6.42 Å². The Morgan fingerprint density at radius 2 is 2.33 bits per heavy atom. The van der Waals surface area contributed by atoms with E-state index in [4.69, 9.17) is 15.2 Å². The van der Waals surface area contributed by atoms with E-state index in [0.29, 0.717) is 6.61 Å². The van der Waals surface area contributed by atoms with Crippen LogP contribution in [0.4, 0.5) is 0 Å². The van der Waals surface area contributed by atoms with Crippen LogP contribution in [0.1, 0.15) is 30.5 Å². The molecule has 15 heavy (non-hydrogen) atoms. The number of hydrogen-bond acceptors (Lipinski definition) is 3. The maximum absolute atomic E-state index is 6.06. The van der Waals surface area contributed by atoms with Gasteiger partial charge in [-0.05, 0) is 18.1 Å². The molecule has 0 amide bonds. The monoisotopic (exact) mass is 207 g/mol. The van der Waals surface area contributed by atoms with Gasteiger partial charge in [-0.1, -0.05) is 13.0 Å². The van der Waals surface area contributed by atoms with Gasteiger partial charge in [-0.15, -0.1) is 0 Å². The molecule has 2 N–H and O–H groups in total. The van der Waals surface area contributed by atoms with Gasteiger partial charge in [-0.25, -0.2) is 0 Å². The maximum Gasteiger partial charge on any atom is 0.165 e. The second kappa shape index (κ2) is 4.11. The van der Waals surface area contributed by atoms with Gasteiger partial charge in [-0.2, -0.15) is 0 Å². The molecule has 1 aliphatic rings. The Kier molecular flexibility index (Phi) is 2.82. The largest absolute Gasteiger partial charge is 0.493 e. The van der Waals surface area contributed by atoms with E-state index in [1.165, 1.54) is 5.56 Å². The molecule has 1 atom stereocenters. The van der Waals surface area contributed by atoms with E-state index >= 15 is 0 Å². The van der Waals surface area contributed by atoms with Crippen LogP contribution in [-0.4, -0.2) is 13.7 Å². The Balaban J connectivity index is 2.52. The first kappa shape index (κ1) is 10.3. The summed E-state index contributed by atoms with van der Waals surface area (Å²) in [7, 11) is 1.67. The third-order valence-electron chi connectivity index (χ3n) is 2.85. The van der Waals surface area contributed by atoms with Crippen molar-refractivity contribution in [3.63, 3.8) is 0 Å². The fourth-order valence-electron chi connectivity index (χ4n) is 1.91. The molecule has 0 saturated carbocycles. The molecule has 0 fully saturated rings. The molecule has 2 rings (SSSR count). The number of ether oxygens (including phenoxy) is 2. The summed E-state index contributed by atoms with van der Waals surface area (Å²) in [6.45, 7) is 2.80. The van der Waals surface area contributed by atoms with Gasteiger partial charge in [0.2, 0.25) is 0 Å². The van der Waals surface area contributed by atoms with Crippen molar-refractivity contribution in [1.29, 1.82) is 0 Å². The molecule has 3 heteroatoms. The highest BCUT2D eigenvalue weighted by Crippen LogP contribution is 2.39. The lowest BCUT2D eigenvalue weighted by molar-refractivity contribution is 0.252. The van der Waals surface area contributed by atoms with Crippen molar-refractivity contribution in [2.45, 2.75) is 25.8 Å². The first-order valence-electron chi connectivity index (χ1n) is 5.35. The van der Waals surface area contributed by atoms with Crippen LogP contribution >= 0.6 is 0 Å². The Morgan fingerprint density at radius 1 is 1.53 bits per heavy atom. The van der Waals surface area contributed by atoms with Crippen molar-refractivity contribution in [3.05, 3.63) is 23.3 Å². The predicted octanol–water partition coefficient (Wildman–Crippen LogP) is 2.04. The smallest absolute Gasteiger partial charge is 0.165 e. The van der Waals surface area contributed by atoms with Gasteiger partial charge in [0.05, 0.1) is 13.7 Å². The average molecular weight is 207 g/mol.